The molecule has 0 saturated carbocycles. The number of hydrogen-bond donors (Lipinski definition) is 1. The van der Waals surface area contributed by atoms with Gasteiger partial charge < -0.3 is 19.9 Å². The lowest BCUT2D eigenvalue weighted by Gasteiger charge is -2.37. The molecule has 0 bridgehead atoms. The minimum Gasteiger partial charge on any atom is -0.490 e. The second-order valence-corrected chi connectivity index (χ2v) is 8.47. The number of ether oxygens (including phenoxy) is 3. The maximum atomic E-state index is 13.1. The number of carbonyl (C=O) groups is 1. The number of allylic oxidation sites excluding steroid dienone is 3. The Morgan fingerprint density at radius 1 is 1.40 bits per heavy atom. The van der Waals surface area contributed by atoms with Gasteiger partial charge in [0.25, 0.3) is 0 Å². The largest absolute Gasteiger partial charge is 0.490 e. The van der Waals surface area contributed by atoms with Crippen molar-refractivity contribution in [1.82, 2.24) is 0 Å². The normalized spacial score (nSPS) is 20.2. The number of benzene rings is 1. The van der Waals surface area contributed by atoms with Crippen LogP contribution in [-0.2, 0) is 9.53 Å². The van der Waals surface area contributed by atoms with E-state index in [1.165, 1.54) is 0 Å². The summed E-state index contributed by atoms with van der Waals surface area (Å²) < 4.78 is 17.1. The molecule has 0 aromatic heterocycles. The van der Waals surface area contributed by atoms with Gasteiger partial charge in [0, 0.05) is 18.4 Å². The van der Waals surface area contributed by atoms with Gasteiger partial charge in [0.2, 0.25) is 5.88 Å². The van der Waals surface area contributed by atoms with E-state index in [1.54, 1.807) is 18.2 Å². The lowest BCUT2D eigenvalue weighted by atomic mass is 9.70. The number of rotatable bonds is 6. The lowest BCUT2D eigenvalue weighted by molar-refractivity contribution is -0.119. The molecule has 7 heteroatoms. The number of nitriles is 1. The minimum absolute atomic E-state index is 0.00724. The summed E-state index contributed by atoms with van der Waals surface area (Å²) in [5.41, 5.74) is 7.09. The average molecular weight is 429 g/mol. The summed E-state index contributed by atoms with van der Waals surface area (Å²) >= 11 is 6.51. The lowest BCUT2D eigenvalue weighted by Crippen LogP contribution is -2.33. The first-order valence-corrected chi connectivity index (χ1v) is 10.1. The van der Waals surface area contributed by atoms with Crippen LogP contribution < -0.4 is 15.2 Å². The summed E-state index contributed by atoms with van der Waals surface area (Å²) in [6.45, 7) is 10.1. The Labute approximate surface area is 181 Å². The number of nitrogens with zero attached hydrogens (tertiary/aromatic N) is 1. The number of nitrogens with two attached hydrogens (primary N) is 1. The monoisotopic (exact) mass is 428 g/mol. The standard InChI is InChI=1S/C23H25ClN2O4/c1-5-7-29-21-15(24)8-13(9-17(21)28-6-2)19-14(12-25)22(26)30-18-11-23(3,4)10-16(27)20(18)19/h5,8-9,19H,1,6-7,10-11,26H2,2-4H3. The molecule has 158 valence electrons. The van der Waals surface area contributed by atoms with E-state index in [4.69, 9.17) is 31.5 Å². The van der Waals surface area contributed by atoms with Gasteiger partial charge in [-0.25, -0.2) is 0 Å². The number of ketones is 1. The van der Waals surface area contributed by atoms with Crippen LogP contribution in [0.2, 0.25) is 5.02 Å². The van der Waals surface area contributed by atoms with Gasteiger partial charge in [0.15, 0.2) is 17.3 Å². The molecule has 2 N–H and O–H groups in total. The van der Waals surface area contributed by atoms with E-state index in [-0.39, 0.29) is 29.3 Å². The van der Waals surface area contributed by atoms with Crippen molar-refractivity contribution in [2.45, 2.75) is 39.5 Å². The zero-order valence-corrected chi connectivity index (χ0v) is 18.1. The Morgan fingerprint density at radius 2 is 2.13 bits per heavy atom. The van der Waals surface area contributed by atoms with Crippen LogP contribution in [0.5, 0.6) is 11.5 Å². The van der Waals surface area contributed by atoms with Crippen LogP contribution in [0.15, 0.2) is 47.6 Å². The summed E-state index contributed by atoms with van der Waals surface area (Å²) in [7, 11) is 0. The molecular weight excluding hydrogens is 404 g/mol. The average Bonchev–Trinajstić information content (AvgIpc) is 2.65. The van der Waals surface area contributed by atoms with E-state index in [0.29, 0.717) is 52.9 Å². The molecule has 1 heterocycles. The molecule has 1 aromatic carbocycles. The van der Waals surface area contributed by atoms with E-state index in [2.05, 4.69) is 12.6 Å². The number of halogens is 1. The Kier molecular flexibility index (Phi) is 6.14. The summed E-state index contributed by atoms with van der Waals surface area (Å²) in [5.74, 6) is 0.594. The van der Waals surface area contributed by atoms with Gasteiger partial charge in [0.05, 0.1) is 17.5 Å². The molecule has 30 heavy (non-hydrogen) atoms. The van der Waals surface area contributed by atoms with E-state index < -0.39 is 5.92 Å². The molecule has 1 aliphatic carbocycles. The second-order valence-electron chi connectivity index (χ2n) is 8.07. The molecule has 1 unspecified atom stereocenters. The molecule has 0 saturated heterocycles. The third-order valence-corrected chi connectivity index (χ3v) is 5.37. The number of carbonyl (C=O) groups excluding carboxylic acids is 1. The van der Waals surface area contributed by atoms with Crippen LogP contribution in [0, 0.1) is 16.7 Å². The fraction of sp³-hybridized carbons (Fsp3) is 0.391. The van der Waals surface area contributed by atoms with Gasteiger partial charge in [0.1, 0.15) is 24.0 Å². The van der Waals surface area contributed by atoms with Crippen molar-refractivity contribution < 1.29 is 19.0 Å². The van der Waals surface area contributed by atoms with Gasteiger partial charge in [-0.3, -0.25) is 4.79 Å². The fourth-order valence-electron chi connectivity index (χ4n) is 3.92. The summed E-state index contributed by atoms with van der Waals surface area (Å²) in [6.07, 6.45) is 2.52. The molecule has 0 radical (unpaired) electrons. The van der Waals surface area contributed by atoms with Crippen molar-refractivity contribution in [2.24, 2.45) is 11.1 Å². The minimum atomic E-state index is -0.674. The highest BCUT2D eigenvalue weighted by atomic mass is 35.5. The molecular formula is C23H25ClN2O4. The highest BCUT2D eigenvalue weighted by Crippen LogP contribution is 2.49. The van der Waals surface area contributed by atoms with Crippen molar-refractivity contribution in [2.75, 3.05) is 13.2 Å². The maximum Gasteiger partial charge on any atom is 0.205 e. The SMILES string of the molecule is C=CCOc1c(Cl)cc(C2C(C#N)=C(N)OC3=C2C(=O)CC(C)(C)C3)cc1OCC. The Bertz CT molecular complexity index is 1000. The molecule has 1 aliphatic heterocycles. The van der Waals surface area contributed by atoms with E-state index in [9.17, 15) is 10.1 Å². The van der Waals surface area contributed by atoms with Gasteiger partial charge in [-0.1, -0.05) is 38.1 Å². The first kappa shape index (κ1) is 21.8. The first-order valence-electron chi connectivity index (χ1n) is 9.76. The van der Waals surface area contributed by atoms with Crippen LogP contribution >= 0.6 is 11.6 Å². The van der Waals surface area contributed by atoms with E-state index >= 15 is 0 Å². The maximum absolute atomic E-state index is 13.1. The smallest absolute Gasteiger partial charge is 0.205 e. The first-order chi connectivity index (χ1) is 14.2. The fourth-order valence-corrected chi connectivity index (χ4v) is 4.19. The number of hydrogen-bond acceptors (Lipinski definition) is 6. The summed E-state index contributed by atoms with van der Waals surface area (Å²) in [6, 6.07) is 5.53. The van der Waals surface area contributed by atoms with Crippen LogP contribution in [0.1, 0.15) is 45.1 Å². The van der Waals surface area contributed by atoms with Crippen molar-refractivity contribution in [3.63, 3.8) is 0 Å². The molecule has 2 aliphatic rings. The van der Waals surface area contributed by atoms with Gasteiger partial charge in [-0.2, -0.15) is 5.26 Å². The Hall–Kier alpha value is -2.91. The summed E-state index contributed by atoms with van der Waals surface area (Å²) in [5, 5.41) is 10.1. The molecule has 3 rings (SSSR count). The highest BCUT2D eigenvalue weighted by Gasteiger charge is 2.43. The molecule has 0 amide bonds. The molecule has 6 nitrogen and oxygen atoms in total. The molecule has 0 spiro atoms. The Morgan fingerprint density at radius 3 is 2.77 bits per heavy atom. The van der Waals surface area contributed by atoms with Crippen molar-refractivity contribution in [1.29, 1.82) is 5.26 Å². The van der Waals surface area contributed by atoms with Crippen LogP contribution in [-0.4, -0.2) is 19.0 Å². The molecule has 1 aromatic rings. The van der Waals surface area contributed by atoms with Gasteiger partial charge in [-0.05, 0) is 30.0 Å². The molecule has 0 fully saturated rings. The van der Waals surface area contributed by atoms with Gasteiger partial charge in [-0.15, -0.1) is 0 Å². The second kappa shape index (κ2) is 8.45. The van der Waals surface area contributed by atoms with E-state index in [0.717, 1.165) is 0 Å². The van der Waals surface area contributed by atoms with Crippen LogP contribution in [0.3, 0.4) is 0 Å². The van der Waals surface area contributed by atoms with Crippen molar-refractivity contribution in [3.8, 4) is 17.6 Å². The zero-order chi connectivity index (χ0) is 22.1. The van der Waals surface area contributed by atoms with Crippen molar-refractivity contribution in [3.05, 3.63) is 58.2 Å². The predicted molar refractivity (Wildman–Crippen MR) is 114 cm³/mol. The molecule has 1 atom stereocenters. The van der Waals surface area contributed by atoms with Crippen LogP contribution in [0.4, 0.5) is 0 Å². The highest BCUT2D eigenvalue weighted by molar-refractivity contribution is 6.32. The number of Topliss-reactive ketones (excluding diaryl/α,β-unsaturated/α-hetero) is 1. The summed E-state index contributed by atoms with van der Waals surface area (Å²) in [4.78, 5) is 13.1. The Balaban J connectivity index is 2.19. The van der Waals surface area contributed by atoms with Crippen molar-refractivity contribution >= 4 is 17.4 Å². The predicted octanol–water partition coefficient (Wildman–Crippen LogP) is 4.75. The van der Waals surface area contributed by atoms with Gasteiger partial charge >= 0.3 is 0 Å². The zero-order valence-electron chi connectivity index (χ0n) is 17.4. The third kappa shape index (κ3) is 4.03. The quantitative estimate of drug-likeness (QED) is 0.656. The topological polar surface area (TPSA) is 94.6 Å². The van der Waals surface area contributed by atoms with E-state index in [1.807, 2.05) is 20.8 Å². The third-order valence-electron chi connectivity index (χ3n) is 5.09. The van der Waals surface area contributed by atoms with Crippen LogP contribution in [0.25, 0.3) is 0 Å².